The molecule has 3 nitrogen and oxygen atoms in total. The average Bonchev–Trinajstić information content (AvgIpc) is 2.60. The molecule has 3 N–H and O–H groups in total. The fourth-order valence-electron chi connectivity index (χ4n) is 1.24. The minimum Gasteiger partial charge on any atom is -0.384 e. The molecule has 0 bridgehead atoms. The highest BCUT2D eigenvalue weighted by molar-refractivity contribution is 6.31. The van der Waals surface area contributed by atoms with Crippen LogP contribution in [0.3, 0.4) is 0 Å². The Morgan fingerprint density at radius 1 is 1.27 bits per heavy atom. The predicted molar refractivity (Wildman–Crippen MR) is 53.4 cm³/mol. The van der Waals surface area contributed by atoms with E-state index < -0.39 is 16.7 Å². The molecule has 2 rings (SSSR count). The van der Waals surface area contributed by atoms with Crippen LogP contribution in [0.1, 0.15) is 0 Å². The number of anilines is 1. The van der Waals surface area contributed by atoms with Crippen LogP contribution >= 0.6 is 11.6 Å². The van der Waals surface area contributed by atoms with Crippen molar-refractivity contribution in [3.63, 3.8) is 0 Å². The predicted octanol–water partition coefficient (Wildman–Crippen LogP) is 2.59. The lowest BCUT2D eigenvalue weighted by atomic mass is 10.1. The van der Waals surface area contributed by atoms with Crippen molar-refractivity contribution in [2.24, 2.45) is 0 Å². The standard InChI is InChI=1S/C9H6ClF2N3/c10-8-6(11)1-4(2-7(8)12)5-3-14-15-9(5)13/h1-3H,(H3,13,14,15). The second kappa shape index (κ2) is 3.51. The Bertz CT molecular complexity index is 487. The van der Waals surface area contributed by atoms with E-state index >= 15 is 0 Å². The number of rotatable bonds is 1. The molecule has 0 aliphatic heterocycles. The second-order valence-corrected chi connectivity index (χ2v) is 3.33. The molecule has 0 fully saturated rings. The van der Waals surface area contributed by atoms with E-state index in [0.29, 0.717) is 11.1 Å². The fourth-order valence-corrected chi connectivity index (χ4v) is 1.35. The third-order valence-corrected chi connectivity index (χ3v) is 2.32. The molecule has 15 heavy (non-hydrogen) atoms. The van der Waals surface area contributed by atoms with Gasteiger partial charge in [-0.1, -0.05) is 11.6 Å². The van der Waals surface area contributed by atoms with E-state index in [0.717, 1.165) is 12.1 Å². The van der Waals surface area contributed by atoms with Crippen molar-refractivity contribution in [1.82, 2.24) is 10.2 Å². The maximum atomic E-state index is 13.1. The summed E-state index contributed by atoms with van der Waals surface area (Å²) in [6, 6.07) is 2.21. The number of nitrogens with two attached hydrogens (primary N) is 1. The van der Waals surface area contributed by atoms with Crippen LogP contribution in [0.15, 0.2) is 18.3 Å². The lowest BCUT2D eigenvalue weighted by molar-refractivity contribution is 0.585. The maximum Gasteiger partial charge on any atom is 0.145 e. The summed E-state index contributed by atoms with van der Waals surface area (Å²) in [5.41, 5.74) is 6.24. The molecule has 0 aliphatic carbocycles. The number of aromatic nitrogens is 2. The first-order valence-corrected chi connectivity index (χ1v) is 4.41. The summed E-state index contributed by atoms with van der Waals surface area (Å²) in [6.07, 6.45) is 1.39. The van der Waals surface area contributed by atoms with Gasteiger partial charge in [0.05, 0.1) is 6.20 Å². The smallest absolute Gasteiger partial charge is 0.145 e. The molecule has 2 aromatic rings. The van der Waals surface area contributed by atoms with Gasteiger partial charge in [0.1, 0.15) is 22.5 Å². The van der Waals surface area contributed by atoms with Crippen LogP contribution in [-0.4, -0.2) is 10.2 Å². The zero-order valence-corrected chi connectivity index (χ0v) is 8.15. The molecule has 0 spiro atoms. The van der Waals surface area contributed by atoms with Gasteiger partial charge in [-0.05, 0) is 17.7 Å². The lowest BCUT2D eigenvalue weighted by Gasteiger charge is -2.02. The molecule has 0 saturated heterocycles. The van der Waals surface area contributed by atoms with Crippen molar-refractivity contribution in [2.45, 2.75) is 0 Å². The Morgan fingerprint density at radius 3 is 2.33 bits per heavy atom. The van der Waals surface area contributed by atoms with Crippen molar-refractivity contribution in [2.75, 3.05) is 5.73 Å². The SMILES string of the molecule is Nc1[nH]ncc1-c1cc(F)c(Cl)c(F)c1. The lowest BCUT2D eigenvalue weighted by Crippen LogP contribution is -1.90. The van der Waals surface area contributed by atoms with Gasteiger partial charge in [-0.2, -0.15) is 5.10 Å². The maximum absolute atomic E-state index is 13.1. The van der Waals surface area contributed by atoms with Crippen molar-refractivity contribution < 1.29 is 8.78 Å². The highest BCUT2D eigenvalue weighted by Gasteiger charge is 2.12. The molecule has 78 valence electrons. The minimum atomic E-state index is -0.827. The van der Waals surface area contributed by atoms with Crippen molar-refractivity contribution >= 4 is 17.4 Å². The number of nitrogen functional groups attached to an aromatic ring is 1. The van der Waals surface area contributed by atoms with Gasteiger partial charge in [-0.3, -0.25) is 5.10 Å². The molecule has 6 heteroatoms. The molecule has 0 radical (unpaired) electrons. The van der Waals surface area contributed by atoms with E-state index in [1.165, 1.54) is 6.20 Å². The molecule has 1 aromatic carbocycles. The minimum absolute atomic E-state index is 0.246. The molecule has 0 atom stereocenters. The van der Waals surface area contributed by atoms with Crippen molar-refractivity contribution in [3.05, 3.63) is 35.0 Å². The van der Waals surface area contributed by atoms with Gasteiger partial charge in [0, 0.05) is 5.56 Å². The zero-order chi connectivity index (χ0) is 11.0. The monoisotopic (exact) mass is 229 g/mol. The van der Waals surface area contributed by atoms with E-state index in [4.69, 9.17) is 17.3 Å². The third-order valence-electron chi connectivity index (χ3n) is 1.96. The van der Waals surface area contributed by atoms with Crippen molar-refractivity contribution in [1.29, 1.82) is 0 Å². The summed E-state index contributed by atoms with van der Waals surface area (Å²) >= 11 is 5.35. The summed E-state index contributed by atoms with van der Waals surface area (Å²) in [7, 11) is 0. The number of aromatic amines is 1. The molecule has 1 aromatic heterocycles. The normalized spacial score (nSPS) is 10.6. The molecule has 0 aliphatic rings. The van der Waals surface area contributed by atoms with E-state index in [1.54, 1.807) is 0 Å². The average molecular weight is 230 g/mol. The van der Waals surface area contributed by atoms with E-state index in [2.05, 4.69) is 10.2 Å². The van der Waals surface area contributed by atoms with E-state index in [-0.39, 0.29) is 5.82 Å². The Morgan fingerprint density at radius 2 is 1.87 bits per heavy atom. The molecule has 0 amide bonds. The number of benzene rings is 1. The van der Waals surface area contributed by atoms with E-state index in [1.807, 2.05) is 0 Å². The Labute approximate surface area is 88.9 Å². The Balaban J connectivity index is 2.60. The van der Waals surface area contributed by atoms with Crippen LogP contribution in [-0.2, 0) is 0 Å². The molecule has 0 saturated carbocycles. The second-order valence-electron chi connectivity index (χ2n) is 2.95. The fraction of sp³-hybridized carbons (Fsp3) is 0. The van der Waals surface area contributed by atoms with Crippen LogP contribution < -0.4 is 5.73 Å². The van der Waals surface area contributed by atoms with Crippen LogP contribution in [0.25, 0.3) is 11.1 Å². The molecular formula is C9H6ClF2N3. The molecular weight excluding hydrogens is 224 g/mol. The number of nitrogens with zero attached hydrogens (tertiary/aromatic N) is 1. The van der Waals surface area contributed by atoms with Gasteiger partial charge in [-0.15, -0.1) is 0 Å². The molecule has 0 unspecified atom stereocenters. The van der Waals surface area contributed by atoms with Gasteiger partial charge in [-0.25, -0.2) is 8.78 Å². The summed E-state index contributed by atoms with van der Waals surface area (Å²) in [4.78, 5) is 0. The Hall–Kier alpha value is -1.62. The highest BCUT2D eigenvalue weighted by atomic mass is 35.5. The quantitative estimate of drug-likeness (QED) is 0.739. The number of halogens is 3. The number of hydrogen-bond acceptors (Lipinski definition) is 2. The van der Waals surface area contributed by atoms with E-state index in [9.17, 15) is 8.78 Å². The first kappa shape index (κ1) is 9.92. The number of hydrogen-bond donors (Lipinski definition) is 2. The molecule has 1 heterocycles. The van der Waals surface area contributed by atoms with Gasteiger partial charge in [0.25, 0.3) is 0 Å². The summed E-state index contributed by atoms with van der Waals surface area (Å²) in [5.74, 6) is -1.41. The number of H-pyrrole nitrogens is 1. The Kier molecular flexibility index (Phi) is 2.32. The van der Waals surface area contributed by atoms with Gasteiger partial charge < -0.3 is 5.73 Å². The summed E-state index contributed by atoms with van der Waals surface area (Å²) < 4.78 is 26.2. The zero-order valence-electron chi connectivity index (χ0n) is 7.39. The van der Waals surface area contributed by atoms with Crippen LogP contribution in [0.4, 0.5) is 14.6 Å². The van der Waals surface area contributed by atoms with Gasteiger partial charge >= 0.3 is 0 Å². The largest absolute Gasteiger partial charge is 0.384 e. The van der Waals surface area contributed by atoms with Crippen LogP contribution in [0, 0.1) is 11.6 Å². The van der Waals surface area contributed by atoms with Crippen LogP contribution in [0.2, 0.25) is 5.02 Å². The summed E-state index contributed by atoms with van der Waals surface area (Å²) in [6.45, 7) is 0. The third kappa shape index (κ3) is 1.66. The first-order chi connectivity index (χ1) is 7.09. The number of nitrogens with one attached hydrogen (secondary N) is 1. The van der Waals surface area contributed by atoms with Gasteiger partial charge in [0.15, 0.2) is 0 Å². The van der Waals surface area contributed by atoms with Crippen molar-refractivity contribution in [3.8, 4) is 11.1 Å². The highest BCUT2D eigenvalue weighted by Crippen LogP contribution is 2.29. The van der Waals surface area contributed by atoms with Crippen LogP contribution in [0.5, 0.6) is 0 Å². The van der Waals surface area contributed by atoms with Gasteiger partial charge in [0.2, 0.25) is 0 Å². The summed E-state index contributed by atoms with van der Waals surface area (Å²) in [5, 5.41) is 5.60. The topological polar surface area (TPSA) is 54.7 Å². The first-order valence-electron chi connectivity index (χ1n) is 4.03.